The van der Waals surface area contributed by atoms with E-state index in [0.29, 0.717) is 11.7 Å². The molecule has 0 aliphatic carbocycles. The van der Waals surface area contributed by atoms with Crippen molar-refractivity contribution in [3.63, 3.8) is 0 Å². The van der Waals surface area contributed by atoms with Gasteiger partial charge in [0.2, 0.25) is 17.6 Å². The van der Waals surface area contributed by atoms with Crippen molar-refractivity contribution < 1.29 is 14.1 Å². The molecule has 1 heterocycles. The number of benzene rings is 2. The van der Waals surface area contributed by atoms with Crippen LogP contribution < -0.4 is 10.1 Å². The Morgan fingerprint density at radius 3 is 2.48 bits per heavy atom. The first kappa shape index (κ1) is 18.6. The van der Waals surface area contributed by atoms with Crippen LogP contribution in [0.15, 0.2) is 59.1 Å². The van der Waals surface area contributed by atoms with Crippen LogP contribution in [0.2, 0.25) is 0 Å². The Balaban J connectivity index is 1.65. The molecule has 7 heteroatoms. The molecule has 0 aliphatic heterocycles. The number of rotatable bonds is 7. The first-order valence-electron chi connectivity index (χ1n) is 8.54. The molecule has 2 aromatic carbocycles. The van der Waals surface area contributed by atoms with E-state index in [4.69, 9.17) is 9.26 Å². The molecule has 1 amide bonds. The van der Waals surface area contributed by atoms with E-state index in [1.54, 1.807) is 7.11 Å². The van der Waals surface area contributed by atoms with Gasteiger partial charge in [0.1, 0.15) is 11.8 Å². The topological polar surface area (TPSA) is 80.5 Å². The van der Waals surface area contributed by atoms with Gasteiger partial charge >= 0.3 is 0 Å². The maximum Gasteiger partial charge on any atom is 0.246 e. The summed E-state index contributed by atoms with van der Waals surface area (Å²) < 4.78 is 10.4. The number of carbonyl (C=O) groups is 1. The SMILES string of the molecule is COc1ccc(-c2noc(CNC(=O)C(c3ccccc3)N(C)C)n2)cc1. The van der Waals surface area contributed by atoms with Gasteiger partial charge in [0, 0.05) is 5.56 Å². The molecule has 3 aromatic rings. The highest BCUT2D eigenvalue weighted by molar-refractivity contribution is 5.83. The van der Waals surface area contributed by atoms with E-state index < -0.39 is 6.04 Å². The summed E-state index contributed by atoms with van der Waals surface area (Å²) in [6.07, 6.45) is 0. The number of aromatic nitrogens is 2. The highest BCUT2D eigenvalue weighted by Crippen LogP contribution is 2.20. The second kappa shape index (κ2) is 8.46. The van der Waals surface area contributed by atoms with E-state index in [1.165, 1.54) is 0 Å². The molecular formula is C20H22N4O3. The number of likely N-dealkylation sites (N-methyl/N-ethyl adjacent to an activating group) is 1. The van der Waals surface area contributed by atoms with E-state index in [9.17, 15) is 4.79 Å². The van der Waals surface area contributed by atoms with Gasteiger partial charge in [-0.2, -0.15) is 4.98 Å². The molecule has 1 N–H and O–H groups in total. The fourth-order valence-electron chi connectivity index (χ4n) is 2.76. The summed E-state index contributed by atoms with van der Waals surface area (Å²) in [6, 6.07) is 16.6. The van der Waals surface area contributed by atoms with Gasteiger partial charge in [-0.15, -0.1) is 0 Å². The van der Waals surface area contributed by atoms with Crippen molar-refractivity contribution in [2.45, 2.75) is 12.6 Å². The Hall–Kier alpha value is -3.19. The first-order valence-corrected chi connectivity index (χ1v) is 8.54. The van der Waals surface area contributed by atoms with E-state index in [1.807, 2.05) is 73.6 Å². The van der Waals surface area contributed by atoms with Crippen molar-refractivity contribution in [3.8, 4) is 17.1 Å². The third-order valence-electron chi connectivity index (χ3n) is 4.11. The van der Waals surface area contributed by atoms with Crippen molar-refractivity contribution in [3.05, 3.63) is 66.1 Å². The monoisotopic (exact) mass is 366 g/mol. The van der Waals surface area contributed by atoms with Crippen molar-refractivity contribution in [2.24, 2.45) is 0 Å². The van der Waals surface area contributed by atoms with Gasteiger partial charge < -0.3 is 14.6 Å². The Labute approximate surface area is 158 Å². The molecule has 0 saturated carbocycles. The van der Waals surface area contributed by atoms with Gasteiger partial charge in [-0.05, 0) is 43.9 Å². The van der Waals surface area contributed by atoms with Gasteiger partial charge in [-0.3, -0.25) is 9.69 Å². The fourth-order valence-corrected chi connectivity index (χ4v) is 2.76. The summed E-state index contributed by atoms with van der Waals surface area (Å²) in [5, 5.41) is 6.83. The molecule has 0 aliphatic rings. The highest BCUT2D eigenvalue weighted by Gasteiger charge is 2.23. The van der Waals surface area contributed by atoms with E-state index in [-0.39, 0.29) is 12.5 Å². The molecule has 0 spiro atoms. The van der Waals surface area contributed by atoms with Crippen molar-refractivity contribution in [1.82, 2.24) is 20.4 Å². The molecule has 0 saturated heterocycles. The molecule has 0 fully saturated rings. The van der Waals surface area contributed by atoms with Crippen LogP contribution in [0.1, 0.15) is 17.5 Å². The Morgan fingerprint density at radius 1 is 1.15 bits per heavy atom. The minimum atomic E-state index is -0.393. The smallest absolute Gasteiger partial charge is 0.246 e. The number of ether oxygens (including phenoxy) is 1. The van der Waals surface area contributed by atoms with Crippen LogP contribution in [-0.4, -0.2) is 42.2 Å². The molecule has 1 aromatic heterocycles. The van der Waals surface area contributed by atoms with Crippen molar-refractivity contribution >= 4 is 5.91 Å². The first-order chi connectivity index (χ1) is 13.1. The van der Waals surface area contributed by atoms with Crippen LogP contribution in [0.3, 0.4) is 0 Å². The second-order valence-electron chi connectivity index (χ2n) is 6.23. The van der Waals surface area contributed by atoms with E-state index >= 15 is 0 Å². The molecule has 1 atom stereocenters. The zero-order valence-corrected chi connectivity index (χ0v) is 15.5. The third kappa shape index (κ3) is 4.51. The van der Waals surface area contributed by atoms with Gasteiger partial charge in [0.05, 0.1) is 13.7 Å². The number of hydrogen-bond donors (Lipinski definition) is 1. The van der Waals surface area contributed by atoms with Crippen LogP contribution >= 0.6 is 0 Å². The van der Waals surface area contributed by atoms with E-state index in [2.05, 4.69) is 15.5 Å². The number of amides is 1. The number of hydrogen-bond acceptors (Lipinski definition) is 6. The number of nitrogens with one attached hydrogen (secondary N) is 1. The summed E-state index contributed by atoms with van der Waals surface area (Å²) in [5.41, 5.74) is 1.73. The minimum absolute atomic E-state index is 0.129. The summed E-state index contributed by atoms with van der Waals surface area (Å²) >= 11 is 0. The van der Waals surface area contributed by atoms with Crippen LogP contribution in [0.4, 0.5) is 0 Å². The van der Waals surface area contributed by atoms with E-state index in [0.717, 1.165) is 16.9 Å². The summed E-state index contributed by atoms with van der Waals surface area (Å²) in [5.74, 6) is 1.44. The molecule has 7 nitrogen and oxygen atoms in total. The van der Waals surface area contributed by atoms with Gasteiger partial charge in [0.15, 0.2) is 0 Å². The van der Waals surface area contributed by atoms with Crippen LogP contribution in [0, 0.1) is 0 Å². The Bertz CT molecular complexity index is 876. The highest BCUT2D eigenvalue weighted by atomic mass is 16.5. The van der Waals surface area contributed by atoms with Gasteiger partial charge in [-0.1, -0.05) is 35.5 Å². The summed E-state index contributed by atoms with van der Waals surface area (Å²) in [6.45, 7) is 0.166. The lowest BCUT2D eigenvalue weighted by Crippen LogP contribution is -2.36. The molecule has 0 radical (unpaired) electrons. The Morgan fingerprint density at radius 2 is 1.85 bits per heavy atom. The molecule has 0 bridgehead atoms. The maximum atomic E-state index is 12.6. The predicted octanol–water partition coefficient (Wildman–Crippen LogP) is 2.66. The number of methoxy groups -OCH3 is 1. The second-order valence-corrected chi connectivity index (χ2v) is 6.23. The lowest BCUT2D eigenvalue weighted by Gasteiger charge is -2.23. The summed E-state index contributed by atoms with van der Waals surface area (Å²) in [7, 11) is 5.35. The molecular weight excluding hydrogens is 344 g/mol. The molecule has 140 valence electrons. The average molecular weight is 366 g/mol. The molecule has 27 heavy (non-hydrogen) atoms. The van der Waals surface area contributed by atoms with Crippen LogP contribution in [0.5, 0.6) is 5.75 Å². The lowest BCUT2D eigenvalue weighted by molar-refractivity contribution is -0.126. The maximum absolute atomic E-state index is 12.6. The quantitative estimate of drug-likeness (QED) is 0.692. The fraction of sp³-hybridized carbons (Fsp3) is 0.250. The lowest BCUT2D eigenvalue weighted by atomic mass is 10.1. The van der Waals surface area contributed by atoms with Gasteiger partial charge in [0.25, 0.3) is 0 Å². The zero-order chi connectivity index (χ0) is 19.2. The standard InChI is InChI=1S/C20H22N4O3/c1-24(2)18(14-7-5-4-6-8-14)20(25)21-13-17-22-19(23-27-17)15-9-11-16(26-3)12-10-15/h4-12,18H,13H2,1-3H3,(H,21,25). The van der Waals surface area contributed by atoms with Gasteiger partial charge in [-0.25, -0.2) is 0 Å². The predicted molar refractivity (Wildman–Crippen MR) is 101 cm³/mol. The minimum Gasteiger partial charge on any atom is -0.497 e. The summed E-state index contributed by atoms with van der Waals surface area (Å²) in [4.78, 5) is 18.8. The largest absolute Gasteiger partial charge is 0.497 e. The molecule has 3 rings (SSSR count). The Kier molecular flexibility index (Phi) is 5.83. The van der Waals surface area contributed by atoms with Crippen LogP contribution in [-0.2, 0) is 11.3 Å². The van der Waals surface area contributed by atoms with Crippen LogP contribution in [0.25, 0.3) is 11.4 Å². The normalized spacial score (nSPS) is 12.0. The molecule has 1 unspecified atom stereocenters. The van der Waals surface area contributed by atoms with Crippen molar-refractivity contribution in [1.29, 1.82) is 0 Å². The number of nitrogens with zero attached hydrogens (tertiary/aromatic N) is 3. The third-order valence-corrected chi connectivity index (χ3v) is 4.11. The average Bonchev–Trinajstić information content (AvgIpc) is 3.16. The van der Waals surface area contributed by atoms with Crippen molar-refractivity contribution in [2.75, 3.05) is 21.2 Å². The zero-order valence-electron chi connectivity index (χ0n) is 15.5. The number of carbonyl (C=O) groups excluding carboxylic acids is 1.